The molecular formula is C21H18IN5O4S. The molecule has 1 aliphatic heterocycles. The number of hydrogen-bond acceptors (Lipinski definition) is 6. The van der Waals surface area contributed by atoms with E-state index >= 15 is 0 Å². The second kappa shape index (κ2) is 9.20. The fraction of sp³-hybridized carbons (Fsp3) is 0.190. The molecule has 1 aliphatic rings. The molecule has 0 aliphatic carbocycles. The van der Waals surface area contributed by atoms with E-state index in [0.717, 1.165) is 3.57 Å². The molecule has 11 heteroatoms. The highest BCUT2D eigenvalue weighted by atomic mass is 127. The molecule has 1 N–H and O–H groups in total. The van der Waals surface area contributed by atoms with Crippen LogP contribution >= 0.6 is 34.8 Å². The number of nitrogens with one attached hydrogen (secondary N) is 1. The van der Waals surface area contributed by atoms with Gasteiger partial charge in [-0.25, -0.2) is 0 Å². The van der Waals surface area contributed by atoms with E-state index in [4.69, 9.17) is 16.7 Å². The fourth-order valence-corrected chi connectivity index (χ4v) is 4.16. The Labute approximate surface area is 202 Å². The lowest BCUT2D eigenvalue weighted by molar-refractivity contribution is -0.746. The molecule has 3 aromatic rings. The molecule has 1 aromatic heterocycles. The minimum absolute atomic E-state index is 0.0196. The van der Waals surface area contributed by atoms with Gasteiger partial charge >= 0.3 is 0 Å². The fourth-order valence-electron chi connectivity index (χ4n) is 3.41. The lowest BCUT2D eigenvalue weighted by Gasteiger charge is -2.22. The average molecular weight is 563 g/mol. The van der Waals surface area contributed by atoms with Gasteiger partial charge in [0.25, 0.3) is 11.6 Å². The van der Waals surface area contributed by atoms with Crippen LogP contribution in [0.25, 0.3) is 0 Å². The van der Waals surface area contributed by atoms with Crippen LogP contribution in [-0.2, 0) is 23.2 Å². The normalized spacial score (nSPS) is 16.0. The van der Waals surface area contributed by atoms with Crippen molar-refractivity contribution in [3.63, 3.8) is 0 Å². The summed E-state index contributed by atoms with van der Waals surface area (Å²) in [5, 5.41) is 18.7. The first-order chi connectivity index (χ1) is 15.3. The summed E-state index contributed by atoms with van der Waals surface area (Å²) in [7, 11) is 1.56. The van der Waals surface area contributed by atoms with Crippen molar-refractivity contribution < 1.29 is 23.9 Å². The quantitative estimate of drug-likeness (QED) is 0.277. The number of carbonyl (C=O) groups excluding carboxylic acids is 2. The van der Waals surface area contributed by atoms with Gasteiger partial charge in [0, 0.05) is 9.26 Å². The number of rotatable bonds is 6. The lowest BCUT2D eigenvalue weighted by atomic mass is 10.1. The lowest BCUT2D eigenvalue weighted by Crippen LogP contribution is -2.42. The van der Waals surface area contributed by atoms with Gasteiger partial charge in [-0.15, -0.1) is 0 Å². The second-order valence-electron chi connectivity index (χ2n) is 7.13. The standard InChI is InChI=1S/C21H18IN5O4S/c1-25-17(20(30)31-24-25)12-26-16(11-18(28)23-14-9-7-13(22)8-10-14)19(29)27(21(26)32)15-5-3-2-4-6-15/h2-10,16H,11-12H2,1H3,(H-,23,24,28,30). The van der Waals surface area contributed by atoms with Crippen LogP contribution < -0.4 is 20.0 Å². The number of benzene rings is 2. The van der Waals surface area contributed by atoms with Gasteiger partial charge in [-0.2, -0.15) is 0 Å². The molecule has 9 nitrogen and oxygen atoms in total. The summed E-state index contributed by atoms with van der Waals surface area (Å²) in [4.78, 5) is 29.1. The molecule has 2 heterocycles. The number of aryl methyl sites for hydroxylation is 1. The Hall–Kier alpha value is -3.06. The first-order valence-corrected chi connectivity index (χ1v) is 11.1. The Morgan fingerprint density at radius 1 is 1.25 bits per heavy atom. The molecule has 32 heavy (non-hydrogen) atoms. The van der Waals surface area contributed by atoms with E-state index < -0.39 is 12.0 Å². The van der Waals surface area contributed by atoms with Crippen molar-refractivity contribution in [1.29, 1.82) is 0 Å². The van der Waals surface area contributed by atoms with Gasteiger partial charge in [0.05, 0.1) is 17.4 Å². The Morgan fingerprint density at radius 3 is 2.56 bits per heavy atom. The average Bonchev–Trinajstić information content (AvgIpc) is 3.21. The number of halogens is 1. The first kappa shape index (κ1) is 22.1. The van der Waals surface area contributed by atoms with E-state index in [2.05, 4.69) is 33.2 Å². The molecule has 2 amide bonds. The largest absolute Gasteiger partial charge is 0.539 e. The van der Waals surface area contributed by atoms with E-state index in [0.29, 0.717) is 11.4 Å². The highest BCUT2D eigenvalue weighted by Crippen LogP contribution is 2.29. The van der Waals surface area contributed by atoms with Crippen LogP contribution in [0.1, 0.15) is 12.1 Å². The third kappa shape index (κ3) is 4.43. The van der Waals surface area contributed by atoms with Crippen molar-refractivity contribution in [2.75, 3.05) is 10.2 Å². The van der Waals surface area contributed by atoms with Crippen molar-refractivity contribution in [1.82, 2.24) is 10.2 Å². The molecule has 1 atom stereocenters. The van der Waals surface area contributed by atoms with Crippen LogP contribution in [0.2, 0.25) is 0 Å². The molecule has 164 valence electrons. The predicted octanol–water partition coefficient (Wildman–Crippen LogP) is 1.71. The molecule has 0 spiro atoms. The molecule has 0 saturated carbocycles. The molecule has 0 radical (unpaired) electrons. The van der Waals surface area contributed by atoms with Crippen molar-refractivity contribution >= 4 is 63.1 Å². The van der Waals surface area contributed by atoms with Crippen LogP contribution in [0, 0.1) is 3.57 Å². The van der Waals surface area contributed by atoms with Gasteiger partial charge in [-0.1, -0.05) is 22.9 Å². The number of para-hydroxylation sites is 1. The minimum atomic E-state index is -0.888. The molecule has 1 fully saturated rings. The molecule has 1 saturated heterocycles. The van der Waals surface area contributed by atoms with Crippen LogP contribution in [0.4, 0.5) is 11.4 Å². The highest BCUT2D eigenvalue weighted by molar-refractivity contribution is 14.1. The van der Waals surface area contributed by atoms with Crippen LogP contribution in [0.5, 0.6) is 5.95 Å². The minimum Gasteiger partial charge on any atom is -0.539 e. The number of nitrogens with zero attached hydrogens (tertiary/aromatic N) is 4. The number of anilines is 2. The summed E-state index contributed by atoms with van der Waals surface area (Å²) >= 11 is 7.77. The summed E-state index contributed by atoms with van der Waals surface area (Å²) in [5.41, 5.74) is 1.44. The van der Waals surface area contributed by atoms with Gasteiger partial charge < -0.3 is 19.8 Å². The zero-order chi connectivity index (χ0) is 22.8. The Kier molecular flexibility index (Phi) is 6.37. The van der Waals surface area contributed by atoms with E-state index in [1.165, 1.54) is 9.58 Å². The maximum Gasteiger partial charge on any atom is 0.256 e. The highest BCUT2D eigenvalue weighted by Gasteiger charge is 2.45. The van der Waals surface area contributed by atoms with Crippen LogP contribution in [0.3, 0.4) is 0 Å². The SMILES string of the molecule is C[n+]1noc([O-])c1CN1C(=S)N(c2ccccc2)C(=O)C1CC(=O)Nc1ccc(I)cc1. The van der Waals surface area contributed by atoms with Gasteiger partial charge in [0.15, 0.2) is 18.1 Å². The summed E-state index contributed by atoms with van der Waals surface area (Å²) in [5.74, 6) is -1.31. The summed E-state index contributed by atoms with van der Waals surface area (Å²) in [6.45, 7) is -0.0196. The summed E-state index contributed by atoms with van der Waals surface area (Å²) < 4.78 is 7.03. The zero-order valence-corrected chi connectivity index (χ0v) is 19.9. The second-order valence-corrected chi connectivity index (χ2v) is 8.74. The Morgan fingerprint density at radius 2 is 1.94 bits per heavy atom. The molecule has 4 rings (SSSR count). The van der Waals surface area contributed by atoms with E-state index in [9.17, 15) is 14.7 Å². The third-order valence-electron chi connectivity index (χ3n) is 5.03. The van der Waals surface area contributed by atoms with Crippen LogP contribution in [-0.4, -0.2) is 33.1 Å². The topological polar surface area (TPSA) is 106 Å². The molecule has 2 aromatic carbocycles. The maximum absolute atomic E-state index is 13.3. The molecule has 1 unspecified atom stereocenters. The van der Waals surface area contributed by atoms with E-state index in [-0.39, 0.29) is 35.6 Å². The number of amides is 2. The smallest absolute Gasteiger partial charge is 0.256 e. The Balaban J connectivity index is 1.61. The van der Waals surface area contributed by atoms with E-state index in [1.807, 2.05) is 18.2 Å². The number of hydrogen-bond donors (Lipinski definition) is 1. The van der Waals surface area contributed by atoms with Crippen LogP contribution in [0.15, 0.2) is 59.1 Å². The number of carbonyl (C=O) groups is 2. The molecular weight excluding hydrogens is 545 g/mol. The van der Waals surface area contributed by atoms with Gasteiger partial charge in [0.2, 0.25) is 5.91 Å². The predicted molar refractivity (Wildman–Crippen MR) is 125 cm³/mol. The van der Waals surface area contributed by atoms with E-state index in [1.54, 1.807) is 48.3 Å². The van der Waals surface area contributed by atoms with Crippen molar-refractivity contribution in [3.05, 3.63) is 63.9 Å². The van der Waals surface area contributed by atoms with Gasteiger partial charge in [0.1, 0.15) is 12.6 Å². The number of thiocarbonyl (C=S) groups is 1. The monoisotopic (exact) mass is 563 g/mol. The Bertz CT molecular complexity index is 1150. The summed E-state index contributed by atoms with van der Waals surface area (Å²) in [6, 6.07) is 15.4. The number of aromatic nitrogens is 2. The van der Waals surface area contributed by atoms with Gasteiger partial charge in [-0.3, -0.25) is 14.5 Å². The van der Waals surface area contributed by atoms with Gasteiger partial charge in [-0.05, 0) is 71.2 Å². The first-order valence-electron chi connectivity index (χ1n) is 9.62. The maximum atomic E-state index is 13.3. The summed E-state index contributed by atoms with van der Waals surface area (Å²) in [6.07, 6.45) is -0.141. The zero-order valence-electron chi connectivity index (χ0n) is 16.9. The third-order valence-corrected chi connectivity index (χ3v) is 6.17. The molecule has 0 bridgehead atoms. The van der Waals surface area contributed by atoms with Crippen molar-refractivity contribution in [2.45, 2.75) is 19.0 Å². The van der Waals surface area contributed by atoms with Crippen molar-refractivity contribution in [2.24, 2.45) is 7.05 Å². The van der Waals surface area contributed by atoms with Crippen molar-refractivity contribution in [3.8, 4) is 5.95 Å².